The first-order valence-corrected chi connectivity index (χ1v) is 10.0. The van der Waals surface area contributed by atoms with Gasteiger partial charge in [-0.2, -0.15) is 0 Å². The summed E-state index contributed by atoms with van der Waals surface area (Å²) in [4.78, 5) is 1.03. The first-order valence-electron chi connectivity index (χ1n) is 8.22. The first-order chi connectivity index (χ1) is 12.8. The fourth-order valence-electron chi connectivity index (χ4n) is 2.65. The van der Waals surface area contributed by atoms with Crippen LogP contribution in [-0.2, 0) is 0 Å². The van der Waals surface area contributed by atoms with E-state index in [9.17, 15) is 8.78 Å². The van der Waals surface area contributed by atoms with Gasteiger partial charge in [-0.1, -0.05) is 0 Å². The standard InChI is InChI=1S/C18H16F2N4OS2/c1-18(2)17(21)22-12(8-26-18)14-11(20)7-13(27-14)16-24-23-15(25-16)9-3-5-10(19)6-4-9/h3-7,12H,8H2,1-2H3,(H2,21,22). The lowest BCUT2D eigenvalue weighted by atomic mass is 10.1. The van der Waals surface area contributed by atoms with E-state index in [0.29, 0.717) is 26.9 Å². The van der Waals surface area contributed by atoms with E-state index in [-0.39, 0.29) is 34.2 Å². The van der Waals surface area contributed by atoms with Crippen LogP contribution in [0.4, 0.5) is 8.78 Å². The van der Waals surface area contributed by atoms with Crippen LogP contribution in [0.15, 0.2) is 34.7 Å². The maximum atomic E-state index is 14.5. The Hall–Kier alpha value is -2.26. The zero-order valence-corrected chi connectivity index (χ0v) is 16.2. The van der Waals surface area contributed by atoms with Crippen molar-refractivity contribution in [2.24, 2.45) is 0 Å². The molecular formula is C18H16F2N4OS2. The number of halogens is 2. The van der Waals surface area contributed by atoms with Crippen LogP contribution in [0.5, 0.6) is 0 Å². The zero-order chi connectivity index (χ0) is 19.2. The molecule has 1 aromatic carbocycles. The van der Waals surface area contributed by atoms with Gasteiger partial charge in [-0.3, -0.25) is 5.41 Å². The number of nitrogens with zero attached hydrogens (tertiary/aromatic N) is 2. The summed E-state index contributed by atoms with van der Waals surface area (Å²) >= 11 is 2.85. The number of hydrogen-bond donors (Lipinski definition) is 2. The highest BCUT2D eigenvalue weighted by Crippen LogP contribution is 2.40. The summed E-state index contributed by atoms with van der Waals surface area (Å²) in [5, 5.41) is 19.2. The maximum absolute atomic E-state index is 14.5. The lowest BCUT2D eigenvalue weighted by Gasteiger charge is -2.35. The van der Waals surface area contributed by atoms with Gasteiger partial charge in [0.25, 0.3) is 5.89 Å². The quantitative estimate of drug-likeness (QED) is 0.649. The molecule has 1 saturated heterocycles. The average molecular weight is 406 g/mol. The molecular weight excluding hydrogens is 390 g/mol. The van der Waals surface area contributed by atoms with E-state index in [0.717, 1.165) is 0 Å². The third-order valence-corrected chi connectivity index (χ3v) is 6.93. The van der Waals surface area contributed by atoms with Crippen LogP contribution < -0.4 is 5.32 Å². The second-order valence-electron chi connectivity index (χ2n) is 6.64. The van der Waals surface area contributed by atoms with Crippen molar-refractivity contribution in [3.05, 3.63) is 46.8 Å². The molecule has 2 N–H and O–H groups in total. The Kier molecular flexibility index (Phi) is 4.51. The number of aromatic nitrogens is 2. The van der Waals surface area contributed by atoms with Crippen LogP contribution in [0.3, 0.4) is 0 Å². The number of hydrogen-bond acceptors (Lipinski definition) is 6. The lowest BCUT2D eigenvalue weighted by molar-refractivity contribution is 0.578. The third-order valence-electron chi connectivity index (χ3n) is 4.29. The second kappa shape index (κ2) is 6.72. The van der Waals surface area contributed by atoms with Crippen molar-refractivity contribution in [2.75, 3.05) is 5.75 Å². The Morgan fingerprint density at radius 3 is 2.59 bits per heavy atom. The molecule has 0 spiro atoms. The smallest absolute Gasteiger partial charge is 0.258 e. The maximum Gasteiger partial charge on any atom is 0.258 e. The van der Waals surface area contributed by atoms with Gasteiger partial charge in [-0.05, 0) is 44.2 Å². The normalized spacial score (nSPS) is 19.1. The van der Waals surface area contributed by atoms with Gasteiger partial charge >= 0.3 is 0 Å². The minimum atomic E-state index is -0.359. The molecule has 0 aliphatic carbocycles. The molecule has 0 radical (unpaired) electrons. The molecule has 0 amide bonds. The topological polar surface area (TPSA) is 74.8 Å². The Labute approximate surface area is 162 Å². The van der Waals surface area contributed by atoms with E-state index in [1.54, 1.807) is 23.9 Å². The van der Waals surface area contributed by atoms with E-state index in [1.807, 2.05) is 13.8 Å². The Bertz CT molecular complexity index is 997. The monoisotopic (exact) mass is 406 g/mol. The van der Waals surface area contributed by atoms with Crippen molar-refractivity contribution in [3.63, 3.8) is 0 Å². The van der Waals surface area contributed by atoms with Crippen molar-refractivity contribution >= 4 is 28.9 Å². The molecule has 1 fully saturated rings. The predicted octanol–water partition coefficient (Wildman–Crippen LogP) is 4.88. The van der Waals surface area contributed by atoms with Crippen LogP contribution in [0.2, 0.25) is 0 Å². The van der Waals surface area contributed by atoms with Crippen LogP contribution in [0.25, 0.3) is 22.2 Å². The van der Waals surface area contributed by atoms with Crippen molar-refractivity contribution in [2.45, 2.75) is 24.6 Å². The molecule has 2 aromatic heterocycles. The predicted molar refractivity (Wildman–Crippen MR) is 103 cm³/mol. The minimum absolute atomic E-state index is 0.211. The van der Waals surface area contributed by atoms with Gasteiger partial charge in [0.1, 0.15) is 17.5 Å². The number of thiophene rings is 1. The molecule has 0 saturated carbocycles. The fraction of sp³-hybridized carbons (Fsp3) is 0.278. The van der Waals surface area contributed by atoms with Crippen molar-refractivity contribution in [3.8, 4) is 22.2 Å². The molecule has 1 aliphatic rings. The number of rotatable bonds is 3. The fourth-order valence-corrected chi connectivity index (χ4v) is 4.80. The Morgan fingerprint density at radius 2 is 1.89 bits per heavy atom. The van der Waals surface area contributed by atoms with Gasteiger partial charge in [0.05, 0.1) is 20.5 Å². The van der Waals surface area contributed by atoms with Crippen molar-refractivity contribution in [1.29, 1.82) is 5.41 Å². The van der Waals surface area contributed by atoms with Crippen LogP contribution in [-0.4, -0.2) is 26.5 Å². The number of benzene rings is 1. The number of amidine groups is 1. The summed E-state index contributed by atoms with van der Waals surface area (Å²) in [6.45, 7) is 3.93. The van der Waals surface area contributed by atoms with E-state index >= 15 is 0 Å². The van der Waals surface area contributed by atoms with Crippen molar-refractivity contribution in [1.82, 2.24) is 15.5 Å². The average Bonchev–Trinajstić information content (AvgIpc) is 3.25. The number of nitrogens with one attached hydrogen (secondary N) is 2. The number of thioether (sulfide) groups is 1. The molecule has 3 aromatic rings. The molecule has 5 nitrogen and oxygen atoms in total. The van der Waals surface area contributed by atoms with Crippen molar-refractivity contribution < 1.29 is 13.2 Å². The molecule has 27 heavy (non-hydrogen) atoms. The van der Waals surface area contributed by atoms with E-state index in [4.69, 9.17) is 9.83 Å². The molecule has 9 heteroatoms. The molecule has 1 unspecified atom stereocenters. The molecule has 140 valence electrons. The van der Waals surface area contributed by atoms with Crippen LogP contribution >= 0.6 is 23.1 Å². The highest BCUT2D eigenvalue weighted by atomic mass is 32.2. The highest BCUT2D eigenvalue weighted by Gasteiger charge is 2.35. The Balaban J connectivity index is 1.59. The molecule has 0 bridgehead atoms. The zero-order valence-electron chi connectivity index (χ0n) is 14.5. The summed E-state index contributed by atoms with van der Waals surface area (Å²) in [6.07, 6.45) is 0. The Morgan fingerprint density at radius 1 is 1.19 bits per heavy atom. The summed E-state index contributed by atoms with van der Waals surface area (Å²) in [5.74, 6) is 0.793. The van der Waals surface area contributed by atoms with Gasteiger partial charge < -0.3 is 9.73 Å². The summed E-state index contributed by atoms with van der Waals surface area (Å²) < 4.78 is 32.9. The van der Waals surface area contributed by atoms with E-state index in [1.165, 1.54) is 29.5 Å². The summed E-state index contributed by atoms with van der Waals surface area (Å²) in [5.41, 5.74) is 0.591. The van der Waals surface area contributed by atoms with Crippen LogP contribution in [0, 0.1) is 17.0 Å². The lowest BCUT2D eigenvalue weighted by Crippen LogP contribution is -2.46. The van der Waals surface area contributed by atoms with E-state index < -0.39 is 0 Å². The molecule has 1 aliphatic heterocycles. The minimum Gasteiger partial charge on any atom is -0.415 e. The SMILES string of the molecule is CC1(C)SCC(c2sc(-c3nnc(-c4ccc(F)cc4)o3)cc2F)NC1=N. The first kappa shape index (κ1) is 18.1. The second-order valence-corrected chi connectivity index (χ2v) is 9.36. The molecule has 1 atom stereocenters. The molecule has 4 rings (SSSR count). The largest absolute Gasteiger partial charge is 0.415 e. The third kappa shape index (κ3) is 3.49. The van der Waals surface area contributed by atoms with Gasteiger partial charge in [0, 0.05) is 11.3 Å². The molecule has 3 heterocycles. The van der Waals surface area contributed by atoms with Gasteiger partial charge in [0.2, 0.25) is 5.89 Å². The summed E-state index contributed by atoms with van der Waals surface area (Å²) in [6, 6.07) is 6.81. The van der Waals surface area contributed by atoms with Gasteiger partial charge in [-0.15, -0.1) is 33.3 Å². The van der Waals surface area contributed by atoms with Gasteiger partial charge in [0.15, 0.2) is 0 Å². The summed E-state index contributed by atoms with van der Waals surface area (Å²) in [7, 11) is 0. The highest BCUT2D eigenvalue weighted by molar-refractivity contribution is 8.01. The van der Waals surface area contributed by atoms with Gasteiger partial charge in [-0.25, -0.2) is 8.78 Å². The van der Waals surface area contributed by atoms with Crippen LogP contribution in [0.1, 0.15) is 24.8 Å². The van der Waals surface area contributed by atoms with E-state index in [2.05, 4.69) is 15.5 Å².